The van der Waals surface area contributed by atoms with Gasteiger partial charge in [0, 0.05) is 6.04 Å². The van der Waals surface area contributed by atoms with Crippen molar-refractivity contribution in [2.45, 2.75) is 66.3 Å². The molecule has 2 heteroatoms. The van der Waals surface area contributed by atoms with Crippen LogP contribution in [0.25, 0.3) is 0 Å². The quantitative estimate of drug-likeness (QED) is 0.698. The molecule has 0 radical (unpaired) electrons. The highest BCUT2D eigenvalue weighted by atomic mass is 16.5. The highest BCUT2D eigenvalue weighted by Crippen LogP contribution is 2.24. The summed E-state index contributed by atoms with van der Waals surface area (Å²) in [4.78, 5) is 0. The predicted octanol–water partition coefficient (Wildman–Crippen LogP) is 4.91. The van der Waals surface area contributed by atoms with Crippen molar-refractivity contribution in [1.82, 2.24) is 5.32 Å². The number of hydrogen-bond acceptors (Lipinski definition) is 2. The zero-order chi connectivity index (χ0) is 15.8. The molecule has 1 rings (SSSR count). The normalized spacial score (nSPS) is 14.2. The lowest BCUT2D eigenvalue weighted by Gasteiger charge is -2.25. The molecule has 1 aromatic rings. The van der Waals surface area contributed by atoms with Crippen LogP contribution in [0.15, 0.2) is 18.2 Å². The van der Waals surface area contributed by atoms with E-state index in [1.807, 2.05) is 0 Å². The second-order valence-electron chi connectivity index (χ2n) is 6.44. The van der Waals surface area contributed by atoms with E-state index in [0.29, 0.717) is 17.9 Å². The van der Waals surface area contributed by atoms with E-state index in [1.54, 1.807) is 0 Å². The second-order valence-corrected chi connectivity index (χ2v) is 6.44. The van der Waals surface area contributed by atoms with E-state index >= 15 is 0 Å². The third-order valence-corrected chi connectivity index (χ3v) is 4.28. The van der Waals surface area contributed by atoms with Gasteiger partial charge >= 0.3 is 0 Å². The van der Waals surface area contributed by atoms with Crippen LogP contribution >= 0.6 is 0 Å². The zero-order valence-electron chi connectivity index (χ0n) is 14.7. The fourth-order valence-corrected chi connectivity index (χ4v) is 2.35. The SMILES string of the molecule is CCCNC(COc1cc(C(C)C)ccc1C)C(C)CC. The van der Waals surface area contributed by atoms with Crippen LogP contribution in [0.1, 0.15) is 64.5 Å². The molecular formula is C19H33NO. The van der Waals surface area contributed by atoms with Crippen molar-refractivity contribution >= 4 is 0 Å². The highest BCUT2D eigenvalue weighted by molar-refractivity contribution is 5.37. The second kappa shape index (κ2) is 9.09. The van der Waals surface area contributed by atoms with Gasteiger partial charge in [-0.1, -0.05) is 53.2 Å². The molecule has 1 N–H and O–H groups in total. The minimum absolute atomic E-state index is 0.428. The Bertz CT molecular complexity index is 414. The molecule has 0 amide bonds. The molecule has 0 fully saturated rings. The topological polar surface area (TPSA) is 21.3 Å². The highest BCUT2D eigenvalue weighted by Gasteiger charge is 2.16. The molecule has 1 aromatic carbocycles. The van der Waals surface area contributed by atoms with Crippen molar-refractivity contribution < 1.29 is 4.74 Å². The molecule has 2 unspecified atom stereocenters. The van der Waals surface area contributed by atoms with Crippen LogP contribution in [-0.4, -0.2) is 19.2 Å². The molecule has 2 atom stereocenters. The van der Waals surface area contributed by atoms with Gasteiger partial charge in [0.05, 0.1) is 0 Å². The molecule has 2 nitrogen and oxygen atoms in total. The van der Waals surface area contributed by atoms with Crippen molar-refractivity contribution in [2.75, 3.05) is 13.2 Å². The van der Waals surface area contributed by atoms with Crippen LogP contribution in [0.5, 0.6) is 5.75 Å². The van der Waals surface area contributed by atoms with Gasteiger partial charge in [0.1, 0.15) is 12.4 Å². The molecule has 0 aromatic heterocycles. The molecular weight excluding hydrogens is 258 g/mol. The fraction of sp³-hybridized carbons (Fsp3) is 0.684. The van der Waals surface area contributed by atoms with E-state index in [1.165, 1.54) is 17.5 Å². The Labute approximate surface area is 131 Å². The van der Waals surface area contributed by atoms with Gasteiger partial charge in [-0.2, -0.15) is 0 Å². The summed E-state index contributed by atoms with van der Waals surface area (Å²) in [6.45, 7) is 15.1. The van der Waals surface area contributed by atoms with E-state index in [0.717, 1.165) is 25.3 Å². The number of aryl methyl sites for hydroxylation is 1. The van der Waals surface area contributed by atoms with Gasteiger partial charge < -0.3 is 10.1 Å². The molecule has 0 aliphatic heterocycles. The Kier molecular flexibility index (Phi) is 7.81. The average molecular weight is 291 g/mol. The van der Waals surface area contributed by atoms with Gasteiger partial charge in [0.25, 0.3) is 0 Å². The Morgan fingerprint density at radius 1 is 1.14 bits per heavy atom. The van der Waals surface area contributed by atoms with E-state index in [9.17, 15) is 0 Å². The summed E-state index contributed by atoms with van der Waals surface area (Å²) in [5.74, 6) is 2.20. The third-order valence-electron chi connectivity index (χ3n) is 4.28. The number of ether oxygens (including phenoxy) is 1. The summed E-state index contributed by atoms with van der Waals surface area (Å²) < 4.78 is 6.15. The molecule has 21 heavy (non-hydrogen) atoms. The Morgan fingerprint density at radius 3 is 2.43 bits per heavy atom. The van der Waals surface area contributed by atoms with Crippen LogP contribution < -0.4 is 10.1 Å². The molecule has 0 aliphatic carbocycles. The zero-order valence-corrected chi connectivity index (χ0v) is 14.7. The molecule has 0 aliphatic rings. The summed E-state index contributed by atoms with van der Waals surface area (Å²) in [7, 11) is 0. The van der Waals surface area contributed by atoms with Crippen molar-refractivity contribution in [3.05, 3.63) is 29.3 Å². The third kappa shape index (κ3) is 5.70. The first-order valence-corrected chi connectivity index (χ1v) is 8.46. The summed E-state index contributed by atoms with van der Waals surface area (Å²) in [5.41, 5.74) is 2.56. The minimum Gasteiger partial charge on any atom is -0.492 e. The van der Waals surface area contributed by atoms with Crippen LogP contribution in [-0.2, 0) is 0 Å². The van der Waals surface area contributed by atoms with E-state index in [2.05, 4.69) is 65.1 Å². The Balaban J connectivity index is 2.72. The van der Waals surface area contributed by atoms with Crippen molar-refractivity contribution in [3.63, 3.8) is 0 Å². The summed E-state index contributed by atoms with van der Waals surface area (Å²) in [6.07, 6.45) is 2.34. The molecule has 120 valence electrons. The van der Waals surface area contributed by atoms with Gasteiger partial charge in [-0.3, -0.25) is 0 Å². The van der Waals surface area contributed by atoms with E-state index in [-0.39, 0.29) is 0 Å². The number of nitrogens with one attached hydrogen (secondary N) is 1. The maximum atomic E-state index is 6.15. The number of rotatable bonds is 9. The van der Waals surface area contributed by atoms with Crippen LogP contribution in [0.2, 0.25) is 0 Å². The van der Waals surface area contributed by atoms with Gasteiger partial charge in [-0.15, -0.1) is 0 Å². The molecule has 0 saturated heterocycles. The van der Waals surface area contributed by atoms with Crippen LogP contribution in [0.4, 0.5) is 0 Å². The minimum atomic E-state index is 0.428. The fourth-order valence-electron chi connectivity index (χ4n) is 2.35. The number of hydrogen-bond donors (Lipinski definition) is 1. The van der Waals surface area contributed by atoms with E-state index in [4.69, 9.17) is 4.74 Å². The summed E-state index contributed by atoms with van der Waals surface area (Å²) >= 11 is 0. The first kappa shape index (κ1) is 18.0. The van der Waals surface area contributed by atoms with Crippen molar-refractivity contribution in [1.29, 1.82) is 0 Å². The van der Waals surface area contributed by atoms with Gasteiger partial charge in [0.15, 0.2) is 0 Å². The van der Waals surface area contributed by atoms with E-state index < -0.39 is 0 Å². The lowest BCUT2D eigenvalue weighted by atomic mass is 9.99. The maximum Gasteiger partial charge on any atom is 0.122 e. The van der Waals surface area contributed by atoms with Crippen LogP contribution in [0.3, 0.4) is 0 Å². The predicted molar refractivity (Wildman–Crippen MR) is 92.3 cm³/mol. The molecule has 0 bridgehead atoms. The summed E-state index contributed by atoms with van der Waals surface area (Å²) in [6, 6.07) is 7.00. The van der Waals surface area contributed by atoms with Crippen molar-refractivity contribution in [3.8, 4) is 5.75 Å². The largest absolute Gasteiger partial charge is 0.492 e. The number of benzene rings is 1. The smallest absolute Gasteiger partial charge is 0.122 e. The molecule has 0 heterocycles. The first-order valence-electron chi connectivity index (χ1n) is 8.46. The maximum absolute atomic E-state index is 6.15. The Morgan fingerprint density at radius 2 is 1.86 bits per heavy atom. The first-order chi connectivity index (χ1) is 9.99. The lowest BCUT2D eigenvalue weighted by Crippen LogP contribution is -2.40. The van der Waals surface area contributed by atoms with Gasteiger partial charge in [0.2, 0.25) is 0 Å². The monoisotopic (exact) mass is 291 g/mol. The average Bonchev–Trinajstić information content (AvgIpc) is 2.47. The van der Waals surface area contributed by atoms with Crippen molar-refractivity contribution in [2.24, 2.45) is 5.92 Å². The molecule has 0 spiro atoms. The Hall–Kier alpha value is -1.02. The van der Waals surface area contributed by atoms with Gasteiger partial charge in [-0.25, -0.2) is 0 Å². The summed E-state index contributed by atoms with van der Waals surface area (Å²) in [5, 5.41) is 3.62. The standard InChI is InChI=1S/C19H33NO/c1-7-11-20-18(15(5)8-2)13-21-19-12-17(14(3)4)10-9-16(19)6/h9-10,12,14-15,18,20H,7-8,11,13H2,1-6H3. The lowest BCUT2D eigenvalue weighted by molar-refractivity contribution is 0.219. The van der Waals surface area contributed by atoms with Gasteiger partial charge in [-0.05, 0) is 48.9 Å². The molecule has 0 saturated carbocycles. The van der Waals surface area contributed by atoms with Crippen LogP contribution in [0, 0.1) is 12.8 Å².